The molecule has 3 rings (SSSR count). The average molecular weight is 689 g/mol. The second-order valence-electron chi connectivity index (χ2n) is 11.1. The molecule has 1 aliphatic carbocycles. The van der Waals surface area contributed by atoms with E-state index in [1.807, 2.05) is 30.3 Å². The molecular formula is C29H47Cl5N6O2-4. The van der Waals surface area contributed by atoms with Crippen LogP contribution in [0.2, 0.25) is 0 Å². The fraction of sp³-hybridized carbons (Fsp3) is 0.621. The van der Waals surface area contributed by atoms with Crippen molar-refractivity contribution in [2.75, 3.05) is 39.8 Å². The van der Waals surface area contributed by atoms with Crippen LogP contribution < -0.4 is 84.6 Å². The second-order valence-corrected chi connectivity index (χ2v) is 11.1. The third-order valence-corrected chi connectivity index (χ3v) is 7.91. The number of nitrogens with two attached hydrogens (primary N) is 3. The van der Waals surface area contributed by atoms with Crippen LogP contribution >= 0.6 is 0 Å². The summed E-state index contributed by atoms with van der Waals surface area (Å²) in [6.45, 7) is 3.76. The van der Waals surface area contributed by atoms with Gasteiger partial charge in [0.2, 0.25) is 5.91 Å². The molecule has 0 saturated heterocycles. The zero-order valence-electron chi connectivity index (χ0n) is 24.4. The van der Waals surface area contributed by atoms with E-state index in [1.165, 1.54) is 19.3 Å². The van der Waals surface area contributed by atoms with E-state index >= 15 is 0 Å². The zero-order chi connectivity index (χ0) is 26.7. The number of Topliss-reactive ketones (excluding diaryl/α,β-unsaturated/α-hetero) is 1. The van der Waals surface area contributed by atoms with E-state index in [-0.39, 0.29) is 80.1 Å². The molecule has 0 radical (unpaired) electrons. The van der Waals surface area contributed by atoms with Gasteiger partial charge >= 0.3 is 0 Å². The topological polar surface area (TPSA) is 137 Å². The molecule has 2 atom stereocenters. The molecule has 7 N–H and O–H groups in total. The summed E-state index contributed by atoms with van der Waals surface area (Å²) in [5, 5.41) is 4.05. The summed E-state index contributed by atoms with van der Waals surface area (Å²) in [5.74, 6) is 0.246. The Balaban J connectivity index is -0.00000304. The Kier molecular flexibility index (Phi) is 25.4. The van der Waals surface area contributed by atoms with Crippen LogP contribution in [0.3, 0.4) is 0 Å². The van der Waals surface area contributed by atoms with Crippen molar-refractivity contribution in [3.63, 3.8) is 0 Å². The van der Waals surface area contributed by atoms with Crippen LogP contribution in [-0.4, -0.2) is 73.0 Å². The Morgan fingerprint density at radius 3 is 2.21 bits per heavy atom. The highest BCUT2D eigenvalue weighted by atomic mass is 35.5. The summed E-state index contributed by atoms with van der Waals surface area (Å²) < 4.78 is 0.782. The summed E-state index contributed by atoms with van der Waals surface area (Å²) in [5.41, 5.74) is 19.6. The van der Waals surface area contributed by atoms with Crippen molar-refractivity contribution in [3.8, 4) is 0 Å². The van der Waals surface area contributed by atoms with Crippen molar-refractivity contribution < 1.29 is 76.1 Å². The van der Waals surface area contributed by atoms with Gasteiger partial charge in [0.05, 0.1) is 44.3 Å². The molecule has 0 spiro atoms. The summed E-state index contributed by atoms with van der Waals surface area (Å²) in [4.78, 5) is 31.0. The first-order chi connectivity index (χ1) is 17.8. The number of hydrogen-bond acceptors (Lipinski definition) is 6. The quantitative estimate of drug-likeness (QED) is 0.137. The van der Waals surface area contributed by atoms with Gasteiger partial charge in [0.25, 0.3) is 0 Å². The van der Waals surface area contributed by atoms with Gasteiger partial charge < -0.3 is 89.0 Å². The van der Waals surface area contributed by atoms with Gasteiger partial charge in [0.15, 0.2) is 5.78 Å². The number of likely N-dealkylation sites (N-methyl/N-ethyl adjacent to an activating group) is 1. The number of hydrogen-bond donors (Lipinski definition) is 4. The normalized spacial score (nSPS) is 14.5. The molecule has 244 valence electrons. The number of fused-ring (bicyclic) bond motifs is 1. The molecule has 42 heavy (non-hydrogen) atoms. The molecule has 0 unspecified atom stereocenters. The molecule has 1 aliphatic rings. The Hall–Kier alpha value is -0.940. The van der Waals surface area contributed by atoms with Gasteiger partial charge in [-0.05, 0) is 42.9 Å². The zero-order valence-corrected chi connectivity index (χ0v) is 28.2. The lowest BCUT2D eigenvalue weighted by molar-refractivity contribution is -0.907. The number of amides is 1. The number of halogens is 5. The Bertz CT molecular complexity index is 1020. The van der Waals surface area contributed by atoms with E-state index in [9.17, 15) is 9.59 Å². The van der Waals surface area contributed by atoms with E-state index in [2.05, 4.69) is 17.3 Å². The molecule has 1 aromatic heterocycles. The predicted molar refractivity (Wildman–Crippen MR) is 150 cm³/mol. The van der Waals surface area contributed by atoms with Crippen molar-refractivity contribution in [2.24, 2.45) is 23.1 Å². The van der Waals surface area contributed by atoms with Crippen LogP contribution in [0, 0.1) is 5.92 Å². The van der Waals surface area contributed by atoms with Gasteiger partial charge in [-0.15, -0.1) is 0 Å². The number of rotatable bonds is 15. The Labute approximate surface area is 282 Å². The number of para-hydroxylation sites is 1. The molecule has 0 aliphatic heterocycles. The van der Waals surface area contributed by atoms with E-state index in [4.69, 9.17) is 17.2 Å². The summed E-state index contributed by atoms with van der Waals surface area (Å²) in [7, 11) is 2.14. The van der Waals surface area contributed by atoms with Crippen LogP contribution in [0.1, 0.15) is 56.9 Å². The number of aromatic nitrogens is 1. The summed E-state index contributed by atoms with van der Waals surface area (Å²) >= 11 is 0. The highest BCUT2D eigenvalue weighted by molar-refractivity contribution is 5.92. The molecule has 1 amide bonds. The van der Waals surface area contributed by atoms with Gasteiger partial charge in [-0.3, -0.25) is 14.6 Å². The van der Waals surface area contributed by atoms with Gasteiger partial charge in [0.1, 0.15) is 0 Å². The molecule has 0 bridgehead atoms. The van der Waals surface area contributed by atoms with Crippen molar-refractivity contribution in [1.29, 1.82) is 0 Å². The van der Waals surface area contributed by atoms with Gasteiger partial charge in [-0.1, -0.05) is 50.3 Å². The first kappa shape index (κ1) is 45.5. The molecule has 1 fully saturated rings. The first-order valence-corrected chi connectivity index (χ1v) is 14.0. The maximum Gasteiger partial charge on any atom is 0.237 e. The highest BCUT2D eigenvalue weighted by Crippen LogP contribution is 2.28. The highest BCUT2D eigenvalue weighted by Gasteiger charge is 2.28. The van der Waals surface area contributed by atoms with Crippen molar-refractivity contribution >= 4 is 22.6 Å². The van der Waals surface area contributed by atoms with Crippen LogP contribution in [0.25, 0.3) is 10.9 Å². The SMILES string of the molecule is C[N+](CCN)(CCN)CCC[C@H](N)C(=O)N[C@@H](CC1CCCCC1)C(=O)Cc1cnc2ccccc2c1.[Cl-].[Cl-].[Cl-].[Cl-].[Cl-]. The van der Waals surface area contributed by atoms with Crippen molar-refractivity contribution in [2.45, 2.75) is 69.9 Å². The minimum atomic E-state index is -0.645. The van der Waals surface area contributed by atoms with E-state index < -0.39 is 12.1 Å². The second kappa shape index (κ2) is 23.4. The third-order valence-electron chi connectivity index (χ3n) is 7.91. The Morgan fingerprint density at radius 1 is 0.976 bits per heavy atom. The fourth-order valence-corrected chi connectivity index (χ4v) is 5.63. The largest absolute Gasteiger partial charge is 1.00 e. The number of quaternary nitrogens is 1. The van der Waals surface area contributed by atoms with E-state index in [0.717, 1.165) is 59.8 Å². The van der Waals surface area contributed by atoms with Crippen LogP contribution in [0.15, 0.2) is 36.5 Å². The van der Waals surface area contributed by atoms with Gasteiger partial charge in [0, 0.05) is 31.1 Å². The number of carbonyl (C=O) groups is 2. The first-order valence-electron chi connectivity index (χ1n) is 14.0. The van der Waals surface area contributed by atoms with Gasteiger partial charge in [-0.25, -0.2) is 0 Å². The molecule has 13 heteroatoms. The maximum atomic E-state index is 13.5. The fourth-order valence-electron chi connectivity index (χ4n) is 5.63. The number of nitrogens with one attached hydrogen (secondary N) is 1. The predicted octanol–water partition coefficient (Wildman–Crippen LogP) is -12.7. The van der Waals surface area contributed by atoms with Crippen molar-refractivity contribution in [3.05, 3.63) is 42.1 Å². The van der Waals surface area contributed by atoms with Crippen LogP contribution in [0.4, 0.5) is 0 Å². The Morgan fingerprint density at radius 2 is 1.60 bits per heavy atom. The molecule has 1 heterocycles. The maximum absolute atomic E-state index is 13.5. The lowest BCUT2D eigenvalue weighted by Crippen LogP contribution is -3.00. The lowest BCUT2D eigenvalue weighted by atomic mass is 9.83. The monoisotopic (exact) mass is 686 g/mol. The summed E-state index contributed by atoms with van der Waals surface area (Å²) in [6, 6.07) is 8.73. The molecule has 1 aromatic carbocycles. The van der Waals surface area contributed by atoms with E-state index in [0.29, 0.717) is 31.8 Å². The number of carbonyl (C=O) groups excluding carboxylic acids is 2. The summed E-state index contributed by atoms with van der Waals surface area (Å²) in [6.07, 6.45) is 9.92. The number of ketones is 1. The van der Waals surface area contributed by atoms with Crippen LogP contribution in [-0.2, 0) is 16.0 Å². The third kappa shape index (κ3) is 14.7. The smallest absolute Gasteiger partial charge is 0.237 e. The lowest BCUT2D eigenvalue weighted by Gasteiger charge is -2.34. The molecule has 1 saturated carbocycles. The number of pyridine rings is 1. The number of benzene rings is 1. The number of nitrogens with zero attached hydrogens (tertiary/aromatic N) is 2. The molecule has 8 nitrogen and oxygen atoms in total. The molecule has 2 aromatic rings. The van der Waals surface area contributed by atoms with Gasteiger partial charge in [-0.2, -0.15) is 0 Å². The van der Waals surface area contributed by atoms with Crippen LogP contribution in [0.5, 0.6) is 0 Å². The minimum Gasteiger partial charge on any atom is -1.00 e. The van der Waals surface area contributed by atoms with E-state index in [1.54, 1.807) is 6.20 Å². The standard InChI is InChI=1S/C29H46N6O2.5ClH/c1-35(16-13-30,17-14-31)15-7-11-25(32)29(37)34-27(19-22-8-3-2-4-9-22)28(36)20-23-18-24-10-5-6-12-26(24)33-21-23;;;;;/h5-6,10,12,18,21-22,25,27H,2-4,7-9,11,13-17,19-20,30-32H2,1H3;5*1H/p-4/t25-,27-;;;;;/m0...../s1. The van der Waals surface area contributed by atoms with Crippen molar-refractivity contribution in [1.82, 2.24) is 10.3 Å². The molecular weight excluding hydrogens is 642 g/mol. The minimum absolute atomic E-state index is 0. The average Bonchev–Trinajstić information content (AvgIpc) is 2.89.